The molecule has 0 saturated heterocycles. The molecule has 146 valence electrons. The van der Waals surface area contributed by atoms with Crippen LogP contribution in [-0.4, -0.2) is 52.6 Å². The molecule has 0 radical (unpaired) electrons. The minimum absolute atomic E-state index is 0.0966. The number of nitrogens with one attached hydrogen (secondary N) is 2. The molecule has 0 aliphatic carbocycles. The van der Waals surface area contributed by atoms with E-state index in [0.29, 0.717) is 30.3 Å². The number of aromatic nitrogens is 4. The third-order valence-corrected chi connectivity index (χ3v) is 4.26. The van der Waals surface area contributed by atoms with Gasteiger partial charge in [-0.2, -0.15) is 0 Å². The largest absolute Gasteiger partial charge is 0.378 e. The molecule has 0 atom stereocenters. The number of carbonyl (C=O) groups excluding carboxylic acids is 1. The molecule has 0 aliphatic heterocycles. The van der Waals surface area contributed by atoms with Crippen LogP contribution >= 0.6 is 0 Å². The van der Waals surface area contributed by atoms with E-state index < -0.39 is 0 Å². The number of hydrogen-bond acceptors (Lipinski definition) is 6. The van der Waals surface area contributed by atoms with Crippen LogP contribution < -0.4 is 15.5 Å². The van der Waals surface area contributed by atoms with Gasteiger partial charge in [-0.3, -0.25) is 9.36 Å². The number of amides is 1. The van der Waals surface area contributed by atoms with Gasteiger partial charge in [0.1, 0.15) is 23.3 Å². The Morgan fingerprint density at radius 1 is 1.11 bits per heavy atom. The number of imidazole rings is 1. The summed E-state index contributed by atoms with van der Waals surface area (Å²) in [6.45, 7) is 4.81. The van der Waals surface area contributed by atoms with Crippen molar-refractivity contribution in [2.24, 2.45) is 0 Å². The fraction of sp³-hybridized carbons (Fsp3) is 0.300. The first kappa shape index (κ1) is 19.3. The second-order valence-electron chi connectivity index (χ2n) is 6.63. The lowest BCUT2D eigenvalue weighted by Gasteiger charge is -2.13. The van der Waals surface area contributed by atoms with Gasteiger partial charge in [-0.05, 0) is 38.1 Å². The Morgan fingerprint density at radius 3 is 2.50 bits per heavy atom. The summed E-state index contributed by atoms with van der Waals surface area (Å²) in [6.07, 6.45) is 3.60. The number of benzene rings is 1. The highest BCUT2D eigenvalue weighted by molar-refractivity contribution is 5.94. The second-order valence-corrected chi connectivity index (χ2v) is 6.63. The van der Waals surface area contributed by atoms with Crippen LogP contribution in [0.3, 0.4) is 0 Å². The Labute approximate surface area is 164 Å². The Balaban J connectivity index is 1.54. The maximum Gasteiger partial charge on any atom is 0.251 e. The van der Waals surface area contributed by atoms with Crippen molar-refractivity contribution in [2.45, 2.75) is 13.8 Å². The zero-order valence-electron chi connectivity index (χ0n) is 16.6. The molecule has 0 bridgehead atoms. The molecule has 2 N–H and O–H groups in total. The summed E-state index contributed by atoms with van der Waals surface area (Å²) in [5, 5.41) is 6.14. The maximum atomic E-state index is 12.2. The van der Waals surface area contributed by atoms with Crippen LogP contribution in [0.5, 0.6) is 0 Å². The van der Waals surface area contributed by atoms with Crippen LogP contribution in [0.2, 0.25) is 0 Å². The van der Waals surface area contributed by atoms with Crippen molar-refractivity contribution < 1.29 is 4.79 Å². The van der Waals surface area contributed by atoms with Crippen LogP contribution in [0.15, 0.2) is 42.7 Å². The van der Waals surface area contributed by atoms with Crippen LogP contribution in [0.25, 0.3) is 5.82 Å². The number of rotatable bonds is 7. The van der Waals surface area contributed by atoms with Crippen molar-refractivity contribution >= 4 is 17.4 Å². The normalized spacial score (nSPS) is 10.6. The van der Waals surface area contributed by atoms with Crippen molar-refractivity contribution in [3.63, 3.8) is 0 Å². The fourth-order valence-corrected chi connectivity index (χ4v) is 2.77. The minimum Gasteiger partial charge on any atom is -0.378 e. The number of nitrogens with zero attached hydrogens (tertiary/aromatic N) is 5. The molecule has 0 spiro atoms. The maximum absolute atomic E-state index is 12.2. The second kappa shape index (κ2) is 8.51. The van der Waals surface area contributed by atoms with Crippen LogP contribution in [0.4, 0.5) is 11.5 Å². The molecule has 0 unspecified atom stereocenters. The van der Waals surface area contributed by atoms with Crippen molar-refractivity contribution in [3.8, 4) is 5.82 Å². The number of aryl methyl sites for hydroxylation is 2. The van der Waals surface area contributed by atoms with Crippen LogP contribution in [0, 0.1) is 13.8 Å². The predicted octanol–water partition coefficient (Wildman–Crippen LogP) is 2.19. The van der Waals surface area contributed by atoms with Gasteiger partial charge in [0.2, 0.25) is 0 Å². The molecule has 0 saturated carbocycles. The first-order chi connectivity index (χ1) is 13.4. The summed E-state index contributed by atoms with van der Waals surface area (Å²) < 4.78 is 1.90. The number of hydrogen-bond donors (Lipinski definition) is 2. The summed E-state index contributed by atoms with van der Waals surface area (Å²) in [5.74, 6) is 2.89. The lowest BCUT2D eigenvalue weighted by Crippen LogP contribution is -2.29. The highest BCUT2D eigenvalue weighted by Crippen LogP contribution is 2.13. The van der Waals surface area contributed by atoms with Gasteiger partial charge in [-0.1, -0.05) is 0 Å². The van der Waals surface area contributed by atoms with Gasteiger partial charge >= 0.3 is 0 Å². The Bertz CT molecular complexity index is 947. The molecule has 0 fully saturated rings. The van der Waals surface area contributed by atoms with Gasteiger partial charge in [0.05, 0.1) is 0 Å². The van der Waals surface area contributed by atoms with E-state index in [4.69, 9.17) is 0 Å². The average Bonchev–Trinajstić information content (AvgIpc) is 3.10. The summed E-state index contributed by atoms with van der Waals surface area (Å²) >= 11 is 0. The van der Waals surface area contributed by atoms with Gasteiger partial charge in [0.15, 0.2) is 0 Å². The molecule has 0 aliphatic rings. The lowest BCUT2D eigenvalue weighted by atomic mass is 10.2. The van der Waals surface area contributed by atoms with Gasteiger partial charge in [0, 0.05) is 56.9 Å². The zero-order valence-corrected chi connectivity index (χ0v) is 16.6. The first-order valence-corrected chi connectivity index (χ1v) is 9.09. The van der Waals surface area contributed by atoms with Gasteiger partial charge in [-0.25, -0.2) is 15.0 Å². The molecule has 2 heterocycles. The predicted molar refractivity (Wildman–Crippen MR) is 110 cm³/mol. The van der Waals surface area contributed by atoms with E-state index in [1.165, 1.54) is 0 Å². The molecular formula is C20H25N7O. The van der Waals surface area contributed by atoms with E-state index in [0.717, 1.165) is 17.3 Å². The number of anilines is 2. The van der Waals surface area contributed by atoms with Crippen LogP contribution in [-0.2, 0) is 0 Å². The smallest absolute Gasteiger partial charge is 0.251 e. The molecular weight excluding hydrogens is 354 g/mol. The molecule has 8 nitrogen and oxygen atoms in total. The fourth-order valence-electron chi connectivity index (χ4n) is 2.77. The molecule has 2 aromatic heterocycles. The highest BCUT2D eigenvalue weighted by atomic mass is 16.1. The topological polar surface area (TPSA) is 88.0 Å². The minimum atomic E-state index is -0.0966. The van der Waals surface area contributed by atoms with Gasteiger partial charge in [0.25, 0.3) is 5.91 Å². The lowest BCUT2D eigenvalue weighted by molar-refractivity contribution is 0.0955. The van der Waals surface area contributed by atoms with E-state index in [1.807, 2.05) is 73.9 Å². The Kier molecular flexibility index (Phi) is 5.88. The molecule has 1 aromatic carbocycles. The van der Waals surface area contributed by atoms with Crippen molar-refractivity contribution in [1.82, 2.24) is 24.8 Å². The molecule has 1 amide bonds. The van der Waals surface area contributed by atoms with Gasteiger partial charge < -0.3 is 15.5 Å². The first-order valence-electron chi connectivity index (χ1n) is 9.09. The summed E-state index contributed by atoms with van der Waals surface area (Å²) in [5.41, 5.74) is 1.70. The summed E-state index contributed by atoms with van der Waals surface area (Å²) in [6, 6.07) is 9.37. The van der Waals surface area contributed by atoms with Crippen LogP contribution in [0.1, 0.15) is 22.0 Å². The monoisotopic (exact) mass is 379 g/mol. The van der Waals surface area contributed by atoms with E-state index in [1.54, 1.807) is 6.20 Å². The third-order valence-electron chi connectivity index (χ3n) is 4.26. The number of carbonyl (C=O) groups is 1. The van der Waals surface area contributed by atoms with Crippen molar-refractivity contribution in [2.75, 3.05) is 37.4 Å². The van der Waals surface area contributed by atoms with E-state index in [2.05, 4.69) is 25.6 Å². The summed E-state index contributed by atoms with van der Waals surface area (Å²) in [4.78, 5) is 27.3. The molecule has 28 heavy (non-hydrogen) atoms. The molecule has 3 aromatic rings. The van der Waals surface area contributed by atoms with Gasteiger partial charge in [-0.15, -0.1) is 0 Å². The summed E-state index contributed by atoms with van der Waals surface area (Å²) in [7, 11) is 3.93. The van der Waals surface area contributed by atoms with Crippen molar-refractivity contribution in [1.29, 1.82) is 0 Å². The quantitative estimate of drug-likeness (QED) is 0.612. The molecule has 8 heteroatoms. The van der Waals surface area contributed by atoms with E-state index in [-0.39, 0.29) is 5.91 Å². The SMILES string of the molecule is Cc1nc(NCCNC(=O)c2ccc(N(C)C)cc2)cc(-n2ccnc2C)n1. The average molecular weight is 379 g/mol. The molecule has 3 rings (SSSR count). The highest BCUT2D eigenvalue weighted by Gasteiger charge is 2.07. The third kappa shape index (κ3) is 4.64. The standard InChI is InChI=1S/C20H25N7O/c1-14-24-18(13-19(25-14)27-12-11-21-15(27)2)22-9-10-23-20(28)16-5-7-17(8-6-16)26(3)4/h5-8,11-13H,9-10H2,1-4H3,(H,23,28)(H,22,24,25). The zero-order chi connectivity index (χ0) is 20.1. The van der Waals surface area contributed by atoms with Crippen molar-refractivity contribution in [3.05, 3.63) is 59.9 Å². The van der Waals surface area contributed by atoms with E-state index in [9.17, 15) is 4.79 Å². The Morgan fingerprint density at radius 2 is 1.86 bits per heavy atom. The van der Waals surface area contributed by atoms with E-state index >= 15 is 0 Å². The Hall–Kier alpha value is -3.42.